The largest absolute Gasteiger partial charge is 0.316 e. The number of nitrogens with zero attached hydrogens (tertiary/aromatic N) is 2. The van der Waals surface area contributed by atoms with Crippen LogP contribution in [-0.4, -0.2) is 29.5 Å². The molecular weight excluding hydrogens is 250 g/mol. The summed E-state index contributed by atoms with van der Waals surface area (Å²) in [5.41, 5.74) is 7.36. The monoisotopic (exact) mass is 269 g/mol. The molecule has 1 unspecified atom stereocenters. The Labute approximate surface area is 107 Å². The zero-order valence-corrected chi connectivity index (χ0v) is 11.2. The molecule has 0 spiro atoms. The van der Waals surface area contributed by atoms with Crippen molar-refractivity contribution in [3.8, 4) is 0 Å². The molecule has 0 amide bonds. The molecule has 1 atom stereocenters. The quantitative estimate of drug-likeness (QED) is 0.824. The van der Waals surface area contributed by atoms with E-state index in [2.05, 4.69) is 9.55 Å². The molecule has 100 valence electrons. The van der Waals surface area contributed by atoms with E-state index in [0.29, 0.717) is 12.8 Å². The van der Waals surface area contributed by atoms with E-state index in [4.69, 9.17) is 5.73 Å². The summed E-state index contributed by atoms with van der Waals surface area (Å²) in [6, 6.07) is 0. The molecule has 0 aromatic carbocycles. The van der Waals surface area contributed by atoms with Crippen LogP contribution in [0.5, 0.6) is 0 Å². The number of fused-ring (bicyclic) bond motifs is 1. The maximum Gasteiger partial charge on any atom is 0.150 e. The van der Waals surface area contributed by atoms with Gasteiger partial charge >= 0.3 is 0 Å². The summed E-state index contributed by atoms with van der Waals surface area (Å²) in [6.45, 7) is 0. The van der Waals surface area contributed by atoms with Gasteiger partial charge in [-0.05, 0) is 32.1 Å². The lowest BCUT2D eigenvalue weighted by Crippen LogP contribution is -2.30. The zero-order valence-electron chi connectivity index (χ0n) is 10.4. The van der Waals surface area contributed by atoms with Crippen molar-refractivity contribution >= 4 is 9.84 Å². The van der Waals surface area contributed by atoms with Crippen LogP contribution < -0.4 is 5.73 Å². The van der Waals surface area contributed by atoms with E-state index >= 15 is 0 Å². The third kappa shape index (κ3) is 2.07. The van der Waals surface area contributed by atoms with Crippen LogP contribution in [0.1, 0.15) is 49.3 Å². The van der Waals surface area contributed by atoms with Crippen LogP contribution in [0.3, 0.4) is 0 Å². The molecule has 3 heterocycles. The Hall–Kier alpha value is -0.880. The van der Waals surface area contributed by atoms with Crippen LogP contribution in [0.4, 0.5) is 0 Å². The second kappa shape index (κ2) is 4.35. The first kappa shape index (κ1) is 12.2. The summed E-state index contributed by atoms with van der Waals surface area (Å²) < 4.78 is 25.1. The summed E-state index contributed by atoms with van der Waals surface area (Å²) in [7, 11) is -2.81. The number of imidazole rings is 1. The van der Waals surface area contributed by atoms with Gasteiger partial charge in [0.1, 0.15) is 15.7 Å². The molecule has 0 radical (unpaired) electrons. The van der Waals surface area contributed by atoms with Crippen molar-refractivity contribution in [2.45, 2.75) is 44.2 Å². The Bertz CT molecular complexity index is 536. The first-order chi connectivity index (χ1) is 8.57. The average molecular weight is 269 g/mol. The summed E-state index contributed by atoms with van der Waals surface area (Å²) in [6.07, 6.45) is 6.44. The molecule has 5 nitrogen and oxygen atoms in total. The number of rotatable bonds is 1. The number of aromatic nitrogens is 2. The number of aryl methyl sites for hydroxylation is 1. The number of hydrogen-bond donors (Lipinski definition) is 1. The fourth-order valence-electron chi connectivity index (χ4n) is 3.05. The van der Waals surface area contributed by atoms with Crippen molar-refractivity contribution in [3.05, 3.63) is 17.7 Å². The van der Waals surface area contributed by atoms with Gasteiger partial charge in [0.25, 0.3) is 0 Å². The van der Waals surface area contributed by atoms with Crippen molar-refractivity contribution in [1.82, 2.24) is 9.55 Å². The lowest BCUT2D eigenvalue weighted by Gasteiger charge is -2.28. The number of sulfone groups is 1. The van der Waals surface area contributed by atoms with Crippen molar-refractivity contribution in [1.29, 1.82) is 0 Å². The molecule has 0 aliphatic carbocycles. The molecule has 2 aliphatic rings. The van der Waals surface area contributed by atoms with E-state index in [1.165, 1.54) is 5.69 Å². The SMILES string of the molecule is NC1CCCc2cnc(C3CCS(=O)(=O)CC3)n21. The van der Waals surface area contributed by atoms with Gasteiger partial charge in [-0.15, -0.1) is 0 Å². The molecule has 1 fully saturated rings. The standard InChI is InChI=1S/C12H19N3O2S/c13-11-3-1-2-10-8-14-12(15(10)11)9-4-6-18(16,17)7-5-9/h8-9,11H,1-7,13H2. The molecule has 18 heavy (non-hydrogen) atoms. The first-order valence-corrected chi connectivity index (χ1v) is 8.41. The fraction of sp³-hybridized carbons (Fsp3) is 0.750. The second-order valence-corrected chi connectivity index (χ2v) is 7.67. The normalized spacial score (nSPS) is 27.9. The van der Waals surface area contributed by atoms with Gasteiger partial charge in [0, 0.05) is 17.8 Å². The maximum absolute atomic E-state index is 11.5. The van der Waals surface area contributed by atoms with Gasteiger partial charge in [-0.3, -0.25) is 0 Å². The van der Waals surface area contributed by atoms with Crippen LogP contribution in [-0.2, 0) is 16.3 Å². The fourth-order valence-corrected chi connectivity index (χ4v) is 4.54. The van der Waals surface area contributed by atoms with Crippen LogP contribution in [0.15, 0.2) is 6.20 Å². The molecule has 0 bridgehead atoms. The Kier molecular flexibility index (Phi) is 2.94. The van der Waals surface area contributed by atoms with E-state index in [1.54, 1.807) is 0 Å². The van der Waals surface area contributed by atoms with Gasteiger partial charge in [0.2, 0.25) is 0 Å². The topological polar surface area (TPSA) is 78.0 Å². The smallest absolute Gasteiger partial charge is 0.150 e. The number of hydrogen-bond acceptors (Lipinski definition) is 4. The van der Waals surface area contributed by atoms with E-state index in [1.807, 2.05) is 6.20 Å². The van der Waals surface area contributed by atoms with E-state index in [-0.39, 0.29) is 23.6 Å². The Morgan fingerprint density at radius 1 is 1.28 bits per heavy atom. The lowest BCUT2D eigenvalue weighted by atomic mass is 10.0. The molecule has 1 aromatic rings. The summed E-state index contributed by atoms with van der Waals surface area (Å²) in [5.74, 6) is 1.84. The predicted octanol–water partition coefficient (Wildman–Crippen LogP) is 0.969. The third-order valence-electron chi connectivity index (χ3n) is 4.09. The third-order valence-corrected chi connectivity index (χ3v) is 5.80. The highest BCUT2D eigenvalue weighted by molar-refractivity contribution is 7.91. The highest BCUT2D eigenvalue weighted by Gasteiger charge is 2.30. The van der Waals surface area contributed by atoms with Gasteiger partial charge in [-0.25, -0.2) is 13.4 Å². The Morgan fingerprint density at radius 3 is 2.72 bits per heavy atom. The van der Waals surface area contributed by atoms with Crippen LogP contribution in [0, 0.1) is 0 Å². The van der Waals surface area contributed by atoms with Gasteiger partial charge in [-0.1, -0.05) is 0 Å². The van der Waals surface area contributed by atoms with Crippen molar-refractivity contribution in [3.63, 3.8) is 0 Å². The molecule has 3 rings (SSSR count). The summed E-state index contributed by atoms with van der Waals surface area (Å²) >= 11 is 0. The van der Waals surface area contributed by atoms with Gasteiger partial charge < -0.3 is 10.3 Å². The Balaban J connectivity index is 1.88. The minimum Gasteiger partial charge on any atom is -0.316 e. The first-order valence-electron chi connectivity index (χ1n) is 6.59. The molecule has 1 aromatic heterocycles. The van der Waals surface area contributed by atoms with Gasteiger partial charge in [-0.2, -0.15) is 0 Å². The minimum absolute atomic E-state index is 0.0183. The molecule has 0 saturated carbocycles. The predicted molar refractivity (Wildman–Crippen MR) is 69.0 cm³/mol. The van der Waals surface area contributed by atoms with Crippen molar-refractivity contribution in [2.24, 2.45) is 5.73 Å². The second-order valence-electron chi connectivity index (χ2n) is 5.36. The van der Waals surface area contributed by atoms with E-state index in [0.717, 1.165) is 25.1 Å². The highest BCUT2D eigenvalue weighted by Crippen LogP contribution is 2.32. The molecular formula is C12H19N3O2S. The number of nitrogens with two attached hydrogens (primary N) is 1. The lowest BCUT2D eigenvalue weighted by molar-refractivity contribution is 0.385. The average Bonchev–Trinajstić information content (AvgIpc) is 2.74. The Morgan fingerprint density at radius 2 is 2.00 bits per heavy atom. The van der Waals surface area contributed by atoms with Crippen LogP contribution in [0.25, 0.3) is 0 Å². The van der Waals surface area contributed by atoms with E-state index < -0.39 is 9.84 Å². The van der Waals surface area contributed by atoms with Crippen LogP contribution in [0.2, 0.25) is 0 Å². The zero-order chi connectivity index (χ0) is 12.8. The molecule has 2 N–H and O–H groups in total. The van der Waals surface area contributed by atoms with Crippen LogP contribution >= 0.6 is 0 Å². The maximum atomic E-state index is 11.5. The molecule has 1 saturated heterocycles. The summed E-state index contributed by atoms with van der Waals surface area (Å²) in [4.78, 5) is 4.51. The minimum atomic E-state index is -2.81. The van der Waals surface area contributed by atoms with Crippen molar-refractivity contribution < 1.29 is 8.42 Å². The van der Waals surface area contributed by atoms with Gasteiger partial charge in [0.05, 0.1) is 17.7 Å². The van der Waals surface area contributed by atoms with Gasteiger partial charge in [0.15, 0.2) is 0 Å². The summed E-state index contributed by atoms with van der Waals surface area (Å²) in [5, 5.41) is 0. The van der Waals surface area contributed by atoms with E-state index in [9.17, 15) is 8.42 Å². The molecule has 6 heteroatoms. The molecule has 2 aliphatic heterocycles. The highest BCUT2D eigenvalue weighted by atomic mass is 32.2. The van der Waals surface area contributed by atoms with Crippen molar-refractivity contribution in [2.75, 3.05) is 11.5 Å².